The number of halogens is 2. The number of phenols is 1. The minimum absolute atomic E-state index is 0.0596. The molecule has 0 amide bonds. The molecular weight excluding hydrogens is 478 g/mol. The van der Waals surface area contributed by atoms with Gasteiger partial charge in [0.1, 0.15) is 5.75 Å². The summed E-state index contributed by atoms with van der Waals surface area (Å²) in [6, 6.07) is 12.8. The number of nitrogens with zero attached hydrogens (tertiary/aromatic N) is 2. The first-order valence-electron chi connectivity index (χ1n) is 8.04. The predicted octanol–water partition coefficient (Wildman–Crippen LogP) is 5.23. The van der Waals surface area contributed by atoms with Crippen molar-refractivity contribution < 1.29 is 14.6 Å². The number of phenolic OH excluding ortho intramolecular Hbond substituents is 1. The number of aromatic amines is 1. The van der Waals surface area contributed by atoms with Crippen LogP contribution in [0.5, 0.6) is 5.75 Å². The third-order valence-corrected chi connectivity index (χ3v) is 4.74. The Morgan fingerprint density at radius 2 is 2.04 bits per heavy atom. The molecule has 0 aliphatic heterocycles. The second kappa shape index (κ2) is 8.49. The van der Waals surface area contributed by atoms with Crippen molar-refractivity contribution in [1.29, 1.82) is 0 Å². The number of carbonyl (C=O) groups excluding carboxylic acids is 1. The number of esters is 1. The van der Waals surface area contributed by atoms with Crippen molar-refractivity contribution in [3.63, 3.8) is 0 Å². The minimum Gasteiger partial charge on any atom is -0.506 e. The highest BCUT2D eigenvalue weighted by atomic mass is 79.9. The Morgan fingerprint density at radius 1 is 1.30 bits per heavy atom. The van der Waals surface area contributed by atoms with Gasteiger partial charge < -0.3 is 9.84 Å². The molecule has 3 aromatic rings. The Balaban J connectivity index is 2.07. The molecule has 0 atom stereocenters. The lowest BCUT2D eigenvalue weighted by Crippen LogP contribution is -2.06. The molecule has 8 heteroatoms. The zero-order valence-corrected chi connectivity index (χ0v) is 17.4. The van der Waals surface area contributed by atoms with Gasteiger partial charge in [-0.2, -0.15) is 5.10 Å². The molecule has 138 valence electrons. The van der Waals surface area contributed by atoms with E-state index in [1.165, 1.54) is 6.21 Å². The molecule has 0 saturated carbocycles. The molecule has 1 aromatic heterocycles. The molecule has 6 nitrogen and oxygen atoms in total. The monoisotopic (exact) mass is 491 g/mol. The van der Waals surface area contributed by atoms with Gasteiger partial charge in [0.25, 0.3) is 0 Å². The second-order valence-corrected chi connectivity index (χ2v) is 7.24. The van der Waals surface area contributed by atoms with E-state index in [9.17, 15) is 9.90 Å². The summed E-state index contributed by atoms with van der Waals surface area (Å²) in [4.78, 5) is 16.7. The normalized spacial score (nSPS) is 11.1. The SMILES string of the molecule is CCOC(=O)c1[nH]nc(N=Cc2cc(Br)cc(Br)c2O)c1-c1ccccc1. The Bertz CT molecular complexity index is 1000. The van der Waals surface area contributed by atoms with Gasteiger partial charge in [0.2, 0.25) is 0 Å². The van der Waals surface area contributed by atoms with Crippen LogP contribution in [-0.4, -0.2) is 34.1 Å². The van der Waals surface area contributed by atoms with Gasteiger partial charge in [-0.25, -0.2) is 9.79 Å². The van der Waals surface area contributed by atoms with Crippen molar-refractivity contribution in [2.24, 2.45) is 4.99 Å². The maximum absolute atomic E-state index is 12.3. The number of aliphatic imine (C=N–C) groups is 1. The van der Waals surface area contributed by atoms with Crippen molar-refractivity contribution in [2.45, 2.75) is 6.92 Å². The number of benzene rings is 2. The van der Waals surface area contributed by atoms with Crippen LogP contribution < -0.4 is 0 Å². The first-order valence-corrected chi connectivity index (χ1v) is 9.62. The van der Waals surface area contributed by atoms with Crippen LogP contribution in [0.3, 0.4) is 0 Å². The van der Waals surface area contributed by atoms with Crippen LogP contribution in [0.1, 0.15) is 23.0 Å². The number of nitrogens with one attached hydrogen (secondary N) is 1. The summed E-state index contributed by atoms with van der Waals surface area (Å²) in [7, 11) is 0. The van der Waals surface area contributed by atoms with Crippen molar-refractivity contribution in [2.75, 3.05) is 6.61 Å². The summed E-state index contributed by atoms with van der Waals surface area (Å²) < 4.78 is 6.42. The highest BCUT2D eigenvalue weighted by molar-refractivity contribution is 9.11. The highest BCUT2D eigenvalue weighted by Crippen LogP contribution is 2.34. The zero-order valence-electron chi connectivity index (χ0n) is 14.2. The zero-order chi connectivity index (χ0) is 19.4. The van der Waals surface area contributed by atoms with Gasteiger partial charge in [0.05, 0.1) is 16.6 Å². The van der Waals surface area contributed by atoms with Crippen molar-refractivity contribution in [1.82, 2.24) is 10.2 Å². The van der Waals surface area contributed by atoms with E-state index in [0.717, 1.165) is 10.0 Å². The Kier molecular flexibility index (Phi) is 6.08. The lowest BCUT2D eigenvalue weighted by atomic mass is 10.1. The van der Waals surface area contributed by atoms with E-state index in [4.69, 9.17) is 4.74 Å². The maximum Gasteiger partial charge on any atom is 0.357 e. The van der Waals surface area contributed by atoms with Gasteiger partial charge in [0.15, 0.2) is 11.5 Å². The quantitative estimate of drug-likeness (QED) is 0.377. The van der Waals surface area contributed by atoms with Crippen LogP contribution in [-0.2, 0) is 4.74 Å². The van der Waals surface area contributed by atoms with Crippen molar-refractivity contribution >= 4 is 49.9 Å². The minimum atomic E-state index is -0.502. The van der Waals surface area contributed by atoms with Crippen molar-refractivity contribution in [3.8, 4) is 16.9 Å². The van der Waals surface area contributed by atoms with E-state index in [0.29, 0.717) is 21.4 Å². The average molecular weight is 493 g/mol. The predicted molar refractivity (Wildman–Crippen MR) is 111 cm³/mol. The summed E-state index contributed by atoms with van der Waals surface area (Å²) >= 11 is 6.67. The molecule has 0 radical (unpaired) electrons. The topological polar surface area (TPSA) is 87.6 Å². The number of carbonyl (C=O) groups is 1. The van der Waals surface area contributed by atoms with Gasteiger partial charge in [-0.1, -0.05) is 46.3 Å². The molecule has 3 rings (SSSR count). The number of rotatable bonds is 5. The average Bonchev–Trinajstić information content (AvgIpc) is 3.08. The Morgan fingerprint density at radius 3 is 2.74 bits per heavy atom. The first-order chi connectivity index (χ1) is 13.0. The number of H-pyrrole nitrogens is 1. The van der Waals surface area contributed by atoms with E-state index in [2.05, 4.69) is 47.0 Å². The molecule has 27 heavy (non-hydrogen) atoms. The van der Waals surface area contributed by atoms with Crippen LogP contribution >= 0.6 is 31.9 Å². The fourth-order valence-corrected chi connectivity index (χ4v) is 3.73. The fraction of sp³-hybridized carbons (Fsp3) is 0.105. The number of ether oxygens (including phenoxy) is 1. The summed E-state index contributed by atoms with van der Waals surface area (Å²) in [5.41, 5.74) is 2.05. The summed E-state index contributed by atoms with van der Waals surface area (Å²) in [5.74, 6) is -0.123. The second-order valence-electron chi connectivity index (χ2n) is 5.47. The standard InChI is InChI=1S/C19H15Br2N3O3/c1-2-27-19(26)16-15(11-6-4-3-5-7-11)18(24-23-16)22-10-12-8-13(20)9-14(21)17(12)25/h3-10,25H,2H2,1H3,(H,23,24). The van der Waals surface area contributed by atoms with Crippen LogP contribution in [0.15, 0.2) is 56.4 Å². The van der Waals surface area contributed by atoms with E-state index < -0.39 is 5.97 Å². The third kappa shape index (κ3) is 4.28. The molecule has 0 spiro atoms. The fourth-order valence-electron chi connectivity index (χ4n) is 2.47. The number of hydrogen-bond donors (Lipinski definition) is 2. The molecule has 0 saturated heterocycles. The Hall–Kier alpha value is -2.45. The van der Waals surface area contributed by atoms with Crippen LogP contribution in [0.2, 0.25) is 0 Å². The summed E-state index contributed by atoms with van der Waals surface area (Å²) in [6.45, 7) is 1.99. The molecule has 2 aromatic carbocycles. The van der Waals surface area contributed by atoms with Gasteiger partial charge in [-0.3, -0.25) is 5.10 Å². The third-order valence-electron chi connectivity index (χ3n) is 3.67. The first kappa shape index (κ1) is 19.3. The van der Waals surface area contributed by atoms with E-state index in [1.54, 1.807) is 19.1 Å². The summed E-state index contributed by atoms with van der Waals surface area (Å²) in [6.07, 6.45) is 1.49. The van der Waals surface area contributed by atoms with E-state index >= 15 is 0 Å². The number of hydrogen-bond acceptors (Lipinski definition) is 5. The highest BCUT2D eigenvalue weighted by Gasteiger charge is 2.21. The van der Waals surface area contributed by atoms with E-state index in [-0.39, 0.29) is 18.1 Å². The molecule has 0 aliphatic rings. The largest absolute Gasteiger partial charge is 0.506 e. The van der Waals surface area contributed by atoms with Crippen LogP contribution in [0.25, 0.3) is 11.1 Å². The van der Waals surface area contributed by atoms with Gasteiger partial charge in [-0.05, 0) is 40.5 Å². The number of aromatic hydroxyl groups is 1. The van der Waals surface area contributed by atoms with Crippen molar-refractivity contribution in [3.05, 3.63) is 62.7 Å². The molecule has 2 N–H and O–H groups in total. The molecule has 0 aliphatic carbocycles. The molecular formula is C19H15Br2N3O3. The van der Waals surface area contributed by atoms with Crippen LogP contribution in [0, 0.1) is 0 Å². The summed E-state index contributed by atoms with van der Waals surface area (Å²) in [5, 5.41) is 17.1. The molecule has 0 unspecified atom stereocenters. The van der Waals surface area contributed by atoms with Crippen LogP contribution in [0.4, 0.5) is 5.82 Å². The molecule has 1 heterocycles. The maximum atomic E-state index is 12.3. The van der Waals surface area contributed by atoms with E-state index in [1.807, 2.05) is 30.3 Å². The molecule has 0 bridgehead atoms. The van der Waals surface area contributed by atoms with Gasteiger partial charge in [0, 0.05) is 16.3 Å². The lowest BCUT2D eigenvalue weighted by molar-refractivity contribution is 0.0520. The lowest BCUT2D eigenvalue weighted by Gasteiger charge is -2.05. The smallest absolute Gasteiger partial charge is 0.357 e. The van der Waals surface area contributed by atoms with Gasteiger partial charge >= 0.3 is 5.97 Å². The number of aromatic nitrogens is 2. The molecule has 0 fully saturated rings. The Labute approximate surface area is 172 Å². The van der Waals surface area contributed by atoms with Gasteiger partial charge in [-0.15, -0.1) is 0 Å².